The molecule has 3 aromatic carbocycles. The molecule has 0 unspecified atom stereocenters. The van der Waals surface area contributed by atoms with Gasteiger partial charge in [-0.05, 0) is 47.5 Å². The largest absolute Gasteiger partial charge is 0.336 e. The molecule has 1 fully saturated rings. The van der Waals surface area contributed by atoms with Crippen molar-refractivity contribution in [2.24, 2.45) is 0 Å². The van der Waals surface area contributed by atoms with Crippen LogP contribution in [0.2, 0.25) is 0 Å². The van der Waals surface area contributed by atoms with Crippen molar-refractivity contribution in [3.05, 3.63) is 107 Å². The van der Waals surface area contributed by atoms with Gasteiger partial charge in [-0.3, -0.25) is 14.7 Å². The molecule has 190 valence electrons. The summed E-state index contributed by atoms with van der Waals surface area (Å²) in [4.78, 5) is 21.2. The number of rotatable bonds is 6. The number of carbonyl (C=O) groups is 1. The third kappa shape index (κ3) is 5.68. The van der Waals surface area contributed by atoms with Gasteiger partial charge in [-0.15, -0.1) is 0 Å². The molecule has 0 aliphatic carbocycles. The highest BCUT2D eigenvalue weighted by molar-refractivity contribution is 7.90. The average molecular weight is 522 g/mol. The lowest BCUT2D eigenvalue weighted by atomic mass is 10.1. The summed E-state index contributed by atoms with van der Waals surface area (Å²) < 4.78 is 53.2. The van der Waals surface area contributed by atoms with Crippen LogP contribution < -0.4 is 0 Å². The Kier molecular flexibility index (Phi) is 6.99. The number of fused-ring (bicyclic) bond motifs is 1. The van der Waals surface area contributed by atoms with Crippen molar-refractivity contribution in [1.82, 2.24) is 14.8 Å². The van der Waals surface area contributed by atoms with Crippen molar-refractivity contribution in [2.75, 3.05) is 26.2 Å². The van der Waals surface area contributed by atoms with Crippen molar-refractivity contribution in [2.45, 2.75) is 17.2 Å². The molecule has 2 heterocycles. The molecule has 5 rings (SSSR count). The summed E-state index contributed by atoms with van der Waals surface area (Å²) in [5.74, 6) is -1.54. The molecule has 1 saturated heterocycles. The van der Waals surface area contributed by atoms with E-state index >= 15 is 0 Å². The van der Waals surface area contributed by atoms with Gasteiger partial charge in [-0.25, -0.2) is 17.2 Å². The smallest absolute Gasteiger partial charge is 0.253 e. The van der Waals surface area contributed by atoms with E-state index in [4.69, 9.17) is 0 Å². The Morgan fingerprint density at radius 1 is 0.838 bits per heavy atom. The lowest BCUT2D eigenvalue weighted by Crippen LogP contribution is -2.48. The molecule has 9 heteroatoms. The van der Waals surface area contributed by atoms with Crippen LogP contribution in [0.15, 0.2) is 83.9 Å². The van der Waals surface area contributed by atoms with Gasteiger partial charge >= 0.3 is 0 Å². The maximum Gasteiger partial charge on any atom is 0.253 e. The standard InChI is InChI=1S/C28H25F2N3O3S/c29-24-15-21(16-25(30)17-24)18-32-11-13-33(14-12-32)28(34)23-8-6-20(7-9-23)19-37(35,36)26-5-1-3-22-4-2-10-31-27(22)26/h1-10,15-17H,11-14,18-19H2. The molecule has 6 nitrogen and oxygen atoms in total. The van der Waals surface area contributed by atoms with Crippen LogP contribution in [-0.4, -0.2) is 55.3 Å². The minimum Gasteiger partial charge on any atom is -0.336 e. The zero-order chi connectivity index (χ0) is 26.0. The van der Waals surface area contributed by atoms with Crippen molar-refractivity contribution >= 4 is 26.6 Å². The number of sulfone groups is 1. The minimum atomic E-state index is -3.64. The summed E-state index contributed by atoms with van der Waals surface area (Å²) in [6, 6.07) is 18.8. The summed E-state index contributed by atoms with van der Waals surface area (Å²) in [5.41, 5.74) is 2.06. The van der Waals surface area contributed by atoms with Crippen LogP contribution >= 0.6 is 0 Å². The Morgan fingerprint density at radius 2 is 1.51 bits per heavy atom. The average Bonchev–Trinajstić information content (AvgIpc) is 2.88. The number of para-hydroxylation sites is 1. The summed E-state index contributed by atoms with van der Waals surface area (Å²) in [5, 5.41) is 0.757. The maximum atomic E-state index is 13.5. The zero-order valence-electron chi connectivity index (χ0n) is 20.0. The summed E-state index contributed by atoms with van der Waals surface area (Å²) in [6.07, 6.45) is 1.57. The van der Waals surface area contributed by atoms with Crippen LogP contribution in [-0.2, 0) is 22.1 Å². The number of aromatic nitrogens is 1. The topological polar surface area (TPSA) is 70.6 Å². The number of amides is 1. The predicted molar refractivity (Wildman–Crippen MR) is 137 cm³/mol. The van der Waals surface area contributed by atoms with Crippen molar-refractivity contribution in [3.63, 3.8) is 0 Å². The molecule has 1 aliphatic rings. The number of nitrogens with zero attached hydrogens (tertiary/aromatic N) is 3. The van der Waals surface area contributed by atoms with Gasteiger partial charge in [0.15, 0.2) is 9.84 Å². The Labute approximate surface area is 214 Å². The first-order valence-corrected chi connectivity index (χ1v) is 13.6. The van der Waals surface area contributed by atoms with E-state index in [1.54, 1.807) is 53.6 Å². The molecule has 0 radical (unpaired) electrons. The second-order valence-electron chi connectivity index (χ2n) is 9.13. The van der Waals surface area contributed by atoms with Gasteiger partial charge < -0.3 is 4.90 Å². The molecular weight excluding hydrogens is 496 g/mol. The van der Waals surface area contributed by atoms with E-state index < -0.39 is 21.5 Å². The molecule has 1 aliphatic heterocycles. The van der Waals surface area contributed by atoms with Crippen LogP contribution in [0.5, 0.6) is 0 Å². The number of hydrogen-bond acceptors (Lipinski definition) is 5. The Morgan fingerprint density at radius 3 is 2.22 bits per heavy atom. The molecular formula is C28H25F2N3O3S. The third-order valence-electron chi connectivity index (χ3n) is 6.48. The van der Waals surface area contributed by atoms with E-state index in [0.29, 0.717) is 54.9 Å². The van der Waals surface area contributed by atoms with E-state index in [1.807, 2.05) is 17.0 Å². The Balaban J connectivity index is 1.21. The molecule has 0 saturated carbocycles. The van der Waals surface area contributed by atoms with Gasteiger partial charge in [0.05, 0.1) is 16.2 Å². The highest BCUT2D eigenvalue weighted by Crippen LogP contribution is 2.24. The highest BCUT2D eigenvalue weighted by Gasteiger charge is 2.23. The fourth-order valence-corrected chi connectivity index (χ4v) is 6.16. The summed E-state index contributed by atoms with van der Waals surface area (Å²) in [7, 11) is -3.64. The Hall–Kier alpha value is -3.69. The summed E-state index contributed by atoms with van der Waals surface area (Å²) in [6.45, 7) is 2.55. The van der Waals surface area contributed by atoms with Gasteiger partial charge in [0.2, 0.25) is 0 Å². The molecule has 37 heavy (non-hydrogen) atoms. The van der Waals surface area contributed by atoms with E-state index in [0.717, 1.165) is 11.5 Å². The lowest BCUT2D eigenvalue weighted by Gasteiger charge is -2.34. The normalized spacial score (nSPS) is 14.7. The van der Waals surface area contributed by atoms with Crippen LogP contribution in [0.25, 0.3) is 10.9 Å². The van der Waals surface area contributed by atoms with Gasteiger partial charge in [0.1, 0.15) is 11.6 Å². The molecule has 0 atom stereocenters. The van der Waals surface area contributed by atoms with Crippen LogP contribution in [0.3, 0.4) is 0 Å². The highest BCUT2D eigenvalue weighted by atomic mass is 32.2. The van der Waals surface area contributed by atoms with Crippen LogP contribution in [0, 0.1) is 11.6 Å². The maximum absolute atomic E-state index is 13.5. The second kappa shape index (κ2) is 10.4. The van der Waals surface area contributed by atoms with Gasteiger partial charge in [0.25, 0.3) is 5.91 Å². The predicted octanol–water partition coefficient (Wildman–Crippen LogP) is 4.44. The number of carbonyl (C=O) groups excluding carboxylic acids is 1. The monoisotopic (exact) mass is 521 g/mol. The molecule has 1 amide bonds. The number of pyridine rings is 1. The van der Waals surface area contributed by atoms with E-state index in [2.05, 4.69) is 4.98 Å². The molecule has 4 aromatic rings. The van der Waals surface area contributed by atoms with Crippen molar-refractivity contribution in [3.8, 4) is 0 Å². The van der Waals surface area contributed by atoms with Gasteiger partial charge in [-0.1, -0.05) is 30.3 Å². The number of piperazine rings is 1. The minimum absolute atomic E-state index is 0.135. The molecule has 0 bridgehead atoms. The number of halogens is 2. The third-order valence-corrected chi connectivity index (χ3v) is 8.19. The van der Waals surface area contributed by atoms with Gasteiger partial charge in [0, 0.05) is 55.9 Å². The molecule has 0 spiro atoms. The number of hydrogen-bond donors (Lipinski definition) is 0. The van der Waals surface area contributed by atoms with E-state index in [1.165, 1.54) is 12.1 Å². The van der Waals surface area contributed by atoms with Crippen LogP contribution in [0.1, 0.15) is 21.5 Å². The van der Waals surface area contributed by atoms with Crippen LogP contribution in [0.4, 0.5) is 8.78 Å². The Bertz CT molecular complexity index is 1530. The first-order chi connectivity index (χ1) is 17.8. The quantitative estimate of drug-likeness (QED) is 0.375. The first-order valence-electron chi connectivity index (χ1n) is 11.9. The number of benzene rings is 3. The fraction of sp³-hybridized carbons (Fsp3) is 0.214. The second-order valence-corrected chi connectivity index (χ2v) is 11.1. The first kappa shape index (κ1) is 25.0. The fourth-order valence-electron chi connectivity index (χ4n) is 4.62. The van der Waals surface area contributed by atoms with Crippen molar-refractivity contribution in [1.29, 1.82) is 0 Å². The van der Waals surface area contributed by atoms with E-state index in [-0.39, 0.29) is 16.6 Å². The SMILES string of the molecule is O=C(c1ccc(CS(=O)(=O)c2cccc3cccnc23)cc1)N1CCN(Cc2cc(F)cc(F)c2)CC1. The van der Waals surface area contributed by atoms with E-state index in [9.17, 15) is 22.0 Å². The van der Waals surface area contributed by atoms with Crippen molar-refractivity contribution < 1.29 is 22.0 Å². The van der Waals surface area contributed by atoms with Gasteiger partial charge in [-0.2, -0.15) is 0 Å². The lowest BCUT2D eigenvalue weighted by molar-refractivity contribution is 0.0628. The molecule has 0 N–H and O–H groups in total. The summed E-state index contributed by atoms with van der Waals surface area (Å²) >= 11 is 0. The zero-order valence-corrected chi connectivity index (χ0v) is 20.8. The molecule has 1 aromatic heterocycles.